The SMILES string of the molecule is CC(C)C(C)NCCn1cc(Br)cc(Br)c1=O. The third-order valence-electron chi connectivity index (χ3n) is 2.83. The van der Waals surface area contributed by atoms with E-state index >= 15 is 0 Å². The lowest BCUT2D eigenvalue weighted by molar-refractivity contribution is 0.415. The molecule has 17 heavy (non-hydrogen) atoms. The molecule has 1 unspecified atom stereocenters. The molecule has 1 N–H and O–H groups in total. The Bertz CT molecular complexity index is 429. The average Bonchev–Trinajstić information content (AvgIpc) is 2.24. The van der Waals surface area contributed by atoms with Gasteiger partial charge in [0.1, 0.15) is 0 Å². The molecule has 0 aliphatic heterocycles. The first-order valence-electron chi connectivity index (χ1n) is 5.70. The maximum absolute atomic E-state index is 11.8. The van der Waals surface area contributed by atoms with E-state index in [1.54, 1.807) is 10.6 Å². The van der Waals surface area contributed by atoms with Gasteiger partial charge in [-0.1, -0.05) is 13.8 Å². The van der Waals surface area contributed by atoms with Crippen molar-refractivity contribution in [3.8, 4) is 0 Å². The first kappa shape index (κ1) is 14.9. The Labute approximate surface area is 119 Å². The first-order valence-corrected chi connectivity index (χ1v) is 7.29. The van der Waals surface area contributed by atoms with E-state index in [1.807, 2.05) is 6.20 Å². The topological polar surface area (TPSA) is 34.0 Å². The minimum atomic E-state index is 0.00667. The van der Waals surface area contributed by atoms with Gasteiger partial charge < -0.3 is 9.88 Å². The molecule has 0 saturated carbocycles. The van der Waals surface area contributed by atoms with E-state index in [9.17, 15) is 4.79 Å². The second kappa shape index (κ2) is 6.71. The van der Waals surface area contributed by atoms with Gasteiger partial charge in [0.2, 0.25) is 0 Å². The first-order chi connectivity index (χ1) is 7.91. The number of nitrogens with zero attached hydrogens (tertiary/aromatic N) is 1. The number of rotatable bonds is 5. The smallest absolute Gasteiger partial charge is 0.264 e. The predicted molar refractivity (Wildman–Crippen MR) is 78.4 cm³/mol. The maximum Gasteiger partial charge on any atom is 0.264 e. The molecule has 1 heterocycles. The molecule has 5 heteroatoms. The lowest BCUT2D eigenvalue weighted by atomic mass is 10.1. The van der Waals surface area contributed by atoms with Crippen molar-refractivity contribution in [2.75, 3.05) is 6.54 Å². The van der Waals surface area contributed by atoms with Gasteiger partial charge in [0.25, 0.3) is 5.56 Å². The second-order valence-electron chi connectivity index (χ2n) is 4.49. The Morgan fingerprint density at radius 1 is 1.35 bits per heavy atom. The molecule has 3 nitrogen and oxygen atoms in total. The molecule has 0 radical (unpaired) electrons. The summed E-state index contributed by atoms with van der Waals surface area (Å²) in [5, 5.41) is 3.41. The highest BCUT2D eigenvalue weighted by Crippen LogP contribution is 2.12. The minimum Gasteiger partial charge on any atom is -0.312 e. The van der Waals surface area contributed by atoms with Gasteiger partial charge in [0.15, 0.2) is 0 Å². The highest BCUT2D eigenvalue weighted by molar-refractivity contribution is 9.11. The zero-order chi connectivity index (χ0) is 13.0. The fourth-order valence-corrected chi connectivity index (χ4v) is 2.64. The molecule has 1 aromatic rings. The predicted octanol–water partition coefficient (Wildman–Crippen LogP) is 3.01. The van der Waals surface area contributed by atoms with Crippen LogP contribution in [0.25, 0.3) is 0 Å². The van der Waals surface area contributed by atoms with E-state index in [4.69, 9.17) is 0 Å². The van der Waals surface area contributed by atoms with Gasteiger partial charge in [-0.15, -0.1) is 0 Å². The molecule has 0 spiro atoms. The largest absolute Gasteiger partial charge is 0.312 e. The standard InChI is InChI=1S/C12H18Br2N2O/c1-8(2)9(3)15-4-5-16-7-10(13)6-11(14)12(16)17/h6-9,15H,4-5H2,1-3H3. The fraction of sp³-hybridized carbons (Fsp3) is 0.583. The van der Waals surface area contributed by atoms with Crippen LogP contribution in [0.2, 0.25) is 0 Å². The minimum absolute atomic E-state index is 0.00667. The van der Waals surface area contributed by atoms with Crippen molar-refractivity contribution in [1.29, 1.82) is 0 Å². The van der Waals surface area contributed by atoms with Crippen LogP contribution in [0.3, 0.4) is 0 Å². The van der Waals surface area contributed by atoms with Crippen LogP contribution in [0.15, 0.2) is 26.0 Å². The molecule has 1 rings (SSSR count). The van der Waals surface area contributed by atoms with E-state index in [2.05, 4.69) is 57.9 Å². The monoisotopic (exact) mass is 364 g/mol. The van der Waals surface area contributed by atoms with E-state index < -0.39 is 0 Å². The number of nitrogens with one attached hydrogen (secondary N) is 1. The number of hydrogen-bond acceptors (Lipinski definition) is 2. The molecule has 0 amide bonds. The molecule has 0 aliphatic rings. The molecule has 1 aromatic heterocycles. The van der Waals surface area contributed by atoms with Crippen molar-refractivity contribution in [1.82, 2.24) is 9.88 Å². The summed E-state index contributed by atoms with van der Waals surface area (Å²) >= 11 is 6.64. The number of pyridine rings is 1. The van der Waals surface area contributed by atoms with Crippen LogP contribution >= 0.6 is 31.9 Å². The molecule has 96 valence electrons. The molecule has 1 atom stereocenters. The van der Waals surface area contributed by atoms with Gasteiger partial charge >= 0.3 is 0 Å². The molecule has 0 bridgehead atoms. The van der Waals surface area contributed by atoms with Crippen LogP contribution in [-0.2, 0) is 6.54 Å². The second-order valence-corrected chi connectivity index (χ2v) is 6.26. The number of aromatic nitrogens is 1. The van der Waals surface area contributed by atoms with Gasteiger partial charge in [0, 0.05) is 29.8 Å². The lowest BCUT2D eigenvalue weighted by Gasteiger charge is -2.17. The third kappa shape index (κ3) is 4.56. The van der Waals surface area contributed by atoms with E-state index in [1.165, 1.54) is 0 Å². The number of hydrogen-bond donors (Lipinski definition) is 1. The van der Waals surface area contributed by atoms with Gasteiger partial charge in [-0.3, -0.25) is 4.79 Å². The Kier molecular flexibility index (Phi) is 5.89. The highest BCUT2D eigenvalue weighted by Gasteiger charge is 2.06. The Balaban J connectivity index is 2.61. The summed E-state index contributed by atoms with van der Waals surface area (Å²) in [6.07, 6.45) is 1.81. The van der Waals surface area contributed by atoms with Crippen molar-refractivity contribution in [2.45, 2.75) is 33.4 Å². The summed E-state index contributed by atoms with van der Waals surface area (Å²) < 4.78 is 3.19. The summed E-state index contributed by atoms with van der Waals surface area (Å²) in [5.41, 5.74) is 0.00667. The highest BCUT2D eigenvalue weighted by atomic mass is 79.9. The lowest BCUT2D eigenvalue weighted by Crippen LogP contribution is -2.35. The van der Waals surface area contributed by atoms with Crippen molar-refractivity contribution in [2.24, 2.45) is 5.92 Å². The molecule has 0 aromatic carbocycles. The van der Waals surface area contributed by atoms with Gasteiger partial charge in [-0.25, -0.2) is 0 Å². The van der Waals surface area contributed by atoms with E-state index in [0.29, 0.717) is 23.0 Å². The van der Waals surface area contributed by atoms with Crippen molar-refractivity contribution in [3.05, 3.63) is 31.6 Å². The quantitative estimate of drug-likeness (QED) is 0.870. The Morgan fingerprint density at radius 3 is 2.59 bits per heavy atom. The van der Waals surface area contributed by atoms with Gasteiger partial charge in [-0.05, 0) is 50.8 Å². The van der Waals surface area contributed by atoms with Crippen molar-refractivity contribution < 1.29 is 0 Å². The summed E-state index contributed by atoms with van der Waals surface area (Å²) in [6, 6.07) is 2.23. The van der Waals surface area contributed by atoms with Gasteiger partial charge in [0.05, 0.1) is 4.47 Å². The van der Waals surface area contributed by atoms with Crippen LogP contribution in [0, 0.1) is 5.92 Å². The Hall–Kier alpha value is -0.130. The molecule has 0 fully saturated rings. The summed E-state index contributed by atoms with van der Waals surface area (Å²) in [5.74, 6) is 0.598. The summed E-state index contributed by atoms with van der Waals surface area (Å²) in [6.45, 7) is 7.99. The van der Waals surface area contributed by atoms with Crippen molar-refractivity contribution in [3.63, 3.8) is 0 Å². The molecular formula is C12H18Br2N2O. The zero-order valence-corrected chi connectivity index (χ0v) is 13.5. The van der Waals surface area contributed by atoms with E-state index in [0.717, 1.165) is 11.0 Å². The van der Waals surface area contributed by atoms with Crippen LogP contribution in [0.4, 0.5) is 0 Å². The summed E-state index contributed by atoms with van der Waals surface area (Å²) in [7, 11) is 0. The number of halogens is 2. The average molecular weight is 366 g/mol. The summed E-state index contributed by atoms with van der Waals surface area (Å²) in [4.78, 5) is 11.8. The van der Waals surface area contributed by atoms with Crippen LogP contribution < -0.4 is 10.9 Å². The fourth-order valence-electron chi connectivity index (χ4n) is 1.38. The Morgan fingerprint density at radius 2 is 2.00 bits per heavy atom. The van der Waals surface area contributed by atoms with Crippen LogP contribution in [0.1, 0.15) is 20.8 Å². The van der Waals surface area contributed by atoms with E-state index in [-0.39, 0.29) is 5.56 Å². The normalized spacial score (nSPS) is 13.1. The molecular weight excluding hydrogens is 348 g/mol. The van der Waals surface area contributed by atoms with Crippen molar-refractivity contribution >= 4 is 31.9 Å². The molecule has 0 aliphatic carbocycles. The third-order valence-corrected chi connectivity index (χ3v) is 3.83. The van der Waals surface area contributed by atoms with Crippen LogP contribution in [-0.4, -0.2) is 17.2 Å². The molecule has 0 saturated heterocycles. The van der Waals surface area contributed by atoms with Crippen LogP contribution in [0.5, 0.6) is 0 Å². The zero-order valence-electron chi connectivity index (χ0n) is 10.3. The maximum atomic E-state index is 11.8. The van der Waals surface area contributed by atoms with Gasteiger partial charge in [-0.2, -0.15) is 0 Å².